The summed E-state index contributed by atoms with van der Waals surface area (Å²) in [5, 5.41) is 0.716. The van der Waals surface area contributed by atoms with Crippen molar-refractivity contribution in [3.05, 3.63) is 29.0 Å². The Morgan fingerprint density at radius 2 is 2.24 bits per heavy atom. The molecule has 0 radical (unpaired) electrons. The van der Waals surface area contributed by atoms with Gasteiger partial charge in [0.05, 0.1) is 17.6 Å². The number of fused-ring (bicyclic) bond motifs is 1. The van der Waals surface area contributed by atoms with Gasteiger partial charge in [-0.05, 0) is 18.2 Å². The Bertz CT molecular complexity index is 510. The van der Waals surface area contributed by atoms with E-state index < -0.39 is 0 Å². The van der Waals surface area contributed by atoms with Crippen molar-refractivity contribution in [3.8, 4) is 0 Å². The molecule has 0 unspecified atom stereocenters. The Morgan fingerprint density at radius 1 is 1.41 bits per heavy atom. The van der Waals surface area contributed by atoms with E-state index in [1.54, 1.807) is 7.11 Å². The van der Waals surface area contributed by atoms with Crippen molar-refractivity contribution < 1.29 is 4.74 Å². The van der Waals surface area contributed by atoms with Gasteiger partial charge in [-0.15, -0.1) is 11.6 Å². The predicted octanol–water partition coefficient (Wildman–Crippen LogP) is 3.12. The molecule has 0 saturated heterocycles. The van der Waals surface area contributed by atoms with Crippen molar-refractivity contribution in [1.82, 2.24) is 9.55 Å². The Labute approximate surface area is 110 Å². The minimum Gasteiger partial charge on any atom is -0.383 e. The molecule has 2 aromatic rings. The van der Waals surface area contributed by atoms with Crippen LogP contribution in [0, 0.1) is 0 Å². The topological polar surface area (TPSA) is 27.1 Å². The van der Waals surface area contributed by atoms with E-state index in [1.807, 2.05) is 18.2 Å². The van der Waals surface area contributed by atoms with E-state index in [1.165, 1.54) is 0 Å². The van der Waals surface area contributed by atoms with Crippen LogP contribution in [0.15, 0.2) is 18.2 Å². The van der Waals surface area contributed by atoms with Crippen LogP contribution in [0.2, 0.25) is 5.02 Å². The first-order chi connectivity index (χ1) is 8.26. The highest BCUT2D eigenvalue weighted by molar-refractivity contribution is 6.31. The highest BCUT2D eigenvalue weighted by atomic mass is 35.5. The maximum Gasteiger partial charge on any atom is 0.111 e. The molecular formula is C12H14Cl2N2O. The zero-order chi connectivity index (χ0) is 12.3. The third-order valence-corrected chi connectivity index (χ3v) is 3.05. The van der Waals surface area contributed by atoms with E-state index in [0.29, 0.717) is 17.5 Å². The van der Waals surface area contributed by atoms with Crippen LogP contribution in [0.1, 0.15) is 5.82 Å². The Balaban J connectivity index is 2.47. The van der Waals surface area contributed by atoms with Crippen molar-refractivity contribution in [2.45, 2.75) is 13.0 Å². The fraction of sp³-hybridized carbons (Fsp3) is 0.417. The first-order valence-electron chi connectivity index (χ1n) is 5.46. The number of alkyl halides is 1. The summed E-state index contributed by atoms with van der Waals surface area (Å²) >= 11 is 11.8. The second kappa shape index (κ2) is 5.71. The lowest BCUT2D eigenvalue weighted by Crippen LogP contribution is -2.08. The maximum absolute atomic E-state index is 6.01. The number of imidazole rings is 1. The molecule has 0 N–H and O–H groups in total. The summed E-state index contributed by atoms with van der Waals surface area (Å²) in [6.07, 6.45) is 0.748. The Kier molecular flexibility index (Phi) is 4.26. The first kappa shape index (κ1) is 12.7. The molecule has 3 nitrogen and oxygen atoms in total. The number of aromatic nitrogens is 2. The normalized spacial score (nSPS) is 11.2. The minimum atomic E-state index is 0.560. The van der Waals surface area contributed by atoms with Crippen LogP contribution in [0.3, 0.4) is 0 Å². The standard InChI is InChI=1S/C12H14Cl2N2O/c1-17-7-6-16-11-8-9(14)2-3-10(11)15-12(16)4-5-13/h2-3,8H,4-7H2,1H3. The van der Waals surface area contributed by atoms with Gasteiger partial charge >= 0.3 is 0 Å². The summed E-state index contributed by atoms with van der Waals surface area (Å²) < 4.78 is 7.23. The summed E-state index contributed by atoms with van der Waals surface area (Å²) in [7, 11) is 1.69. The molecule has 0 saturated carbocycles. The molecule has 92 valence electrons. The minimum absolute atomic E-state index is 0.560. The average molecular weight is 273 g/mol. The lowest BCUT2D eigenvalue weighted by Gasteiger charge is -2.07. The number of ether oxygens (including phenoxy) is 1. The molecule has 1 aromatic heterocycles. The Hall–Kier alpha value is -0.770. The van der Waals surface area contributed by atoms with E-state index in [0.717, 1.165) is 29.8 Å². The van der Waals surface area contributed by atoms with Gasteiger partial charge in [0.15, 0.2) is 0 Å². The molecule has 0 aliphatic carbocycles. The van der Waals surface area contributed by atoms with Crippen molar-refractivity contribution in [2.75, 3.05) is 19.6 Å². The molecule has 0 bridgehead atoms. The molecule has 0 spiro atoms. The number of hydrogen-bond acceptors (Lipinski definition) is 2. The molecule has 17 heavy (non-hydrogen) atoms. The average Bonchev–Trinajstić information content (AvgIpc) is 2.64. The molecule has 0 atom stereocenters. The van der Waals surface area contributed by atoms with Crippen LogP contribution < -0.4 is 0 Å². The molecule has 1 aromatic carbocycles. The highest BCUT2D eigenvalue weighted by Crippen LogP contribution is 2.21. The lowest BCUT2D eigenvalue weighted by molar-refractivity contribution is 0.187. The fourth-order valence-corrected chi connectivity index (χ4v) is 2.19. The zero-order valence-electron chi connectivity index (χ0n) is 9.62. The monoisotopic (exact) mass is 272 g/mol. The number of hydrogen-bond donors (Lipinski definition) is 0. The molecule has 0 aliphatic rings. The van der Waals surface area contributed by atoms with E-state index in [4.69, 9.17) is 27.9 Å². The van der Waals surface area contributed by atoms with Crippen molar-refractivity contribution in [2.24, 2.45) is 0 Å². The summed E-state index contributed by atoms with van der Waals surface area (Å²) in [5.41, 5.74) is 1.99. The van der Waals surface area contributed by atoms with Gasteiger partial charge < -0.3 is 9.30 Å². The predicted molar refractivity (Wildman–Crippen MR) is 71.0 cm³/mol. The van der Waals surface area contributed by atoms with Gasteiger partial charge in [-0.3, -0.25) is 0 Å². The third-order valence-electron chi connectivity index (χ3n) is 2.63. The number of rotatable bonds is 5. The fourth-order valence-electron chi connectivity index (χ4n) is 1.85. The largest absolute Gasteiger partial charge is 0.383 e. The van der Waals surface area contributed by atoms with Gasteiger partial charge in [0.1, 0.15) is 5.82 Å². The molecular weight excluding hydrogens is 259 g/mol. The molecule has 1 heterocycles. The van der Waals surface area contributed by atoms with Crippen LogP contribution in [0.4, 0.5) is 0 Å². The highest BCUT2D eigenvalue weighted by Gasteiger charge is 2.10. The first-order valence-corrected chi connectivity index (χ1v) is 6.37. The summed E-state index contributed by atoms with van der Waals surface area (Å²) in [6.45, 7) is 1.41. The number of benzene rings is 1. The molecule has 0 fully saturated rings. The number of methoxy groups -OCH3 is 1. The van der Waals surface area contributed by atoms with Crippen molar-refractivity contribution >= 4 is 34.2 Å². The Morgan fingerprint density at radius 3 is 2.94 bits per heavy atom. The van der Waals surface area contributed by atoms with E-state index in [-0.39, 0.29) is 0 Å². The van der Waals surface area contributed by atoms with Crippen LogP contribution in [-0.2, 0) is 17.7 Å². The van der Waals surface area contributed by atoms with Crippen LogP contribution >= 0.6 is 23.2 Å². The SMILES string of the molecule is COCCn1c(CCCl)nc2ccc(Cl)cc21. The van der Waals surface area contributed by atoms with Crippen LogP contribution in [-0.4, -0.2) is 29.1 Å². The second-order valence-corrected chi connectivity index (χ2v) is 4.56. The van der Waals surface area contributed by atoms with Crippen LogP contribution in [0.5, 0.6) is 0 Å². The van der Waals surface area contributed by atoms with E-state index in [9.17, 15) is 0 Å². The lowest BCUT2D eigenvalue weighted by atomic mass is 10.3. The van der Waals surface area contributed by atoms with Gasteiger partial charge in [0, 0.05) is 31.0 Å². The molecule has 0 amide bonds. The molecule has 0 aliphatic heterocycles. The maximum atomic E-state index is 6.01. The van der Waals surface area contributed by atoms with E-state index in [2.05, 4.69) is 9.55 Å². The van der Waals surface area contributed by atoms with Gasteiger partial charge in [-0.2, -0.15) is 0 Å². The summed E-state index contributed by atoms with van der Waals surface area (Å²) in [5.74, 6) is 1.54. The smallest absolute Gasteiger partial charge is 0.111 e. The quantitative estimate of drug-likeness (QED) is 0.783. The van der Waals surface area contributed by atoms with Gasteiger partial charge in [0.2, 0.25) is 0 Å². The summed E-state index contributed by atoms with van der Waals surface area (Å²) in [6, 6.07) is 5.71. The number of nitrogens with zero attached hydrogens (tertiary/aromatic N) is 2. The van der Waals surface area contributed by atoms with Gasteiger partial charge in [-0.25, -0.2) is 4.98 Å². The number of aryl methyl sites for hydroxylation is 1. The second-order valence-electron chi connectivity index (χ2n) is 3.74. The summed E-state index contributed by atoms with van der Waals surface area (Å²) in [4.78, 5) is 4.56. The molecule has 2 rings (SSSR count). The van der Waals surface area contributed by atoms with Crippen LogP contribution in [0.25, 0.3) is 11.0 Å². The molecule has 5 heteroatoms. The van der Waals surface area contributed by atoms with Gasteiger partial charge in [0.25, 0.3) is 0 Å². The number of halogens is 2. The van der Waals surface area contributed by atoms with Gasteiger partial charge in [-0.1, -0.05) is 11.6 Å². The zero-order valence-corrected chi connectivity index (χ0v) is 11.1. The van der Waals surface area contributed by atoms with E-state index >= 15 is 0 Å². The van der Waals surface area contributed by atoms with Crippen molar-refractivity contribution in [1.29, 1.82) is 0 Å². The van der Waals surface area contributed by atoms with Crippen molar-refractivity contribution in [3.63, 3.8) is 0 Å². The third kappa shape index (κ3) is 2.73.